The van der Waals surface area contributed by atoms with E-state index >= 15 is 0 Å². The number of nitrogens with one attached hydrogen (secondary N) is 1. The van der Waals surface area contributed by atoms with Crippen LogP contribution in [0.1, 0.15) is 18.4 Å². The molecule has 0 aromatic heterocycles. The molecule has 0 amide bonds. The quantitative estimate of drug-likeness (QED) is 0.758. The summed E-state index contributed by atoms with van der Waals surface area (Å²) in [5.74, 6) is -0.749. The van der Waals surface area contributed by atoms with E-state index in [-0.39, 0.29) is 12.0 Å². The van der Waals surface area contributed by atoms with Crippen molar-refractivity contribution in [1.82, 2.24) is 5.32 Å². The lowest BCUT2D eigenvalue weighted by atomic mass is 9.78. The highest BCUT2D eigenvalue weighted by atomic mass is 16.4. The van der Waals surface area contributed by atoms with E-state index in [2.05, 4.69) is 5.32 Å². The smallest absolute Gasteiger partial charge is 0.305 e. The van der Waals surface area contributed by atoms with Gasteiger partial charge in [0.25, 0.3) is 0 Å². The first-order chi connectivity index (χ1) is 6.73. The van der Waals surface area contributed by atoms with Crippen LogP contribution < -0.4 is 5.32 Å². The van der Waals surface area contributed by atoms with Crippen LogP contribution in [0.15, 0.2) is 30.3 Å². The molecule has 1 saturated heterocycles. The van der Waals surface area contributed by atoms with E-state index in [1.165, 1.54) is 0 Å². The summed E-state index contributed by atoms with van der Waals surface area (Å²) < 4.78 is 0. The van der Waals surface area contributed by atoms with E-state index in [0.29, 0.717) is 0 Å². The molecule has 0 saturated carbocycles. The molecule has 1 atom stereocenters. The number of hydrogen-bond donors (Lipinski definition) is 2. The third-order valence-corrected chi connectivity index (χ3v) is 2.79. The van der Waals surface area contributed by atoms with Crippen molar-refractivity contribution < 1.29 is 9.90 Å². The van der Waals surface area contributed by atoms with Gasteiger partial charge >= 0.3 is 5.97 Å². The second-order valence-electron chi connectivity index (χ2n) is 3.70. The third-order valence-electron chi connectivity index (χ3n) is 2.79. The summed E-state index contributed by atoms with van der Waals surface area (Å²) in [6, 6.07) is 9.79. The van der Waals surface area contributed by atoms with Crippen LogP contribution in [0.5, 0.6) is 0 Å². The molecule has 0 radical (unpaired) electrons. The molecule has 0 spiro atoms. The largest absolute Gasteiger partial charge is 0.481 e. The molecule has 1 aliphatic rings. The summed E-state index contributed by atoms with van der Waals surface area (Å²) in [5.41, 5.74) is 0.765. The zero-order valence-corrected chi connectivity index (χ0v) is 7.86. The molecular weight excluding hydrogens is 178 g/mol. The highest BCUT2D eigenvalue weighted by molar-refractivity contribution is 5.69. The van der Waals surface area contributed by atoms with Gasteiger partial charge in [-0.05, 0) is 18.5 Å². The van der Waals surface area contributed by atoms with E-state index in [9.17, 15) is 4.79 Å². The molecule has 1 aromatic rings. The molecule has 1 fully saturated rings. The number of aliphatic carboxylic acids is 1. The lowest BCUT2D eigenvalue weighted by molar-refractivity contribution is -0.139. The van der Waals surface area contributed by atoms with Gasteiger partial charge in [-0.1, -0.05) is 30.3 Å². The van der Waals surface area contributed by atoms with Gasteiger partial charge in [-0.25, -0.2) is 0 Å². The van der Waals surface area contributed by atoms with Gasteiger partial charge in [0, 0.05) is 0 Å². The number of hydrogen-bond acceptors (Lipinski definition) is 2. The minimum Gasteiger partial charge on any atom is -0.481 e. The van der Waals surface area contributed by atoms with Gasteiger partial charge < -0.3 is 10.4 Å². The fourth-order valence-corrected chi connectivity index (χ4v) is 1.94. The van der Waals surface area contributed by atoms with Gasteiger partial charge in [0.1, 0.15) is 0 Å². The van der Waals surface area contributed by atoms with Crippen LogP contribution in [0.4, 0.5) is 0 Å². The fraction of sp³-hybridized carbons (Fsp3) is 0.364. The molecule has 3 heteroatoms. The number of rotatable bonds is 3. The Kier molecular flexibility index (Phi) is 2.25. The molecule has 1 unspecified atom stereocenters. The van der Waals surface area contributed by atoms with E-state index in [0.717, 1.165) is 18.5 Å². The molecule has 1 aliphatic heterocycles. The summed E-state index contributed by atoms with van der Waals surface area (Å²) in [6.07, 6.45) is 1.07. The fourth-order valence-electron chi connectivity index (χ4n) is 1.94. The van der Waals surface area contributed by atoms with Crippen molar-refractivity contribution in [3.63, 3.8) is 0 Å². The van der Waals surface area contributed by atoms with Crippen molar-refractivity contribution in [3.8, 4) is 0 Å². The lowest BCUT2D eigenvalue weighted by Gasteiger charge is -2.42. The van der Waals surface area contributed by atoms with Crippen LogP contribution in [0, 0.1) is 0 Å². The minimum atomic E-state index is -0.749. The van der Waals surface area contributed by atoms with Crippen molar-refractivity contribution in [2.75, 3.05) is 6.54 Å². The Morgan fingerprint density at radius 3 is 2.50 bits per heavy atom. The molecule has 14 heavy (non-hydrogen) atoms. The summed E-state index contributed by atoms with van der Waals surface area (Å²) >= 11 is 0. The monoisotopic (exact) mass is 191 g/mol. The predicted octanol–water partition coefficient (Wildman–Crippen LogP) is 1.35. The average molecular weight is 191 g/mol. The Bertz CT molecular complexity index is 330. The topological polar surface area (TPSA) is 49.3 Å². The van der Waals surface area contributed by atoms with E-state index in [4.69, 9.17) is 5.11 Å². The van der Waals surface area contributed by atoms with Crippen LogP contribution in [0.3, 0.4) is 0 Å². The normalized spacial score (nSPS) is 25.4. The number of benzene rings is 1. The van der Waals surface area contributed by atoms with Gasteiger partial charge in [-0.2, -0.15) is 0 Å². The summed E-state index contributed by atoms with van der Waals surface area (Å²) in [4.78, 5) is 10.7. The second-order valence-corrected chi connectivity index (χ2v) is 3.70. The Morgan fingerprint density at radius 1 is 1.43 bits per heavy atom. The van der Waals surface area contributed by atoms with Crippen LogP contribution in [-0.2, 0) is 10.3 Å². The molecule has 2 rings (SSSR count). The van der Waals surface area contributed by atoms with Crippen LogP contribution in [0.2, 0.25) is 0 Å². The highest BCUT2D eigenvalue weighted by Crippen LogP contribution is 2.34. The van der Waals surface area contributed by atoms with Gasteiger partial charge in [0.15, 0.2) is 0 Å². The van der Waals surface area contributed by atoms with Gasteiger partial charge in [0.05, 0.1) is 12.0 Å². The first-order valence-electron chi connectivity index (χ1n) is 4.75. The van der Waals surface area contributed by atoms with Gasteiger partial charge in [-0.3, -0.25) is 4.79 Å². The Balaban J connectivity index is 2.25. The molecule has 1 heterocycles. The first-order valence-corrected chi connectivity index (χ1v) is 4.75. The lowest BCUT2D eigenvalue weighted by Crippen LogP contribution is -2.55. The predicted molar refractivity (Wildman–Crippen MR) is 53.0 cm³/mol. The average Bonchev–Trinajstić information content (AvgIpc) is 2.12. The third kappa shape index (κ3) is 1.51. The van der Waals surface area contributed by atoms with Crippen LogP contribution >= 0.6 is 0 Å². The van der Waals surface area contributed by atoms with Gasteiger partial charge in [0.2, 0.25) is 0 Å². The van der Waals surface area contributed by atoms with Crippen molar-refractivity contribution in [2.45, 2.75) is 18.4 Å². The number of carbonyl (C=O) groups is 1. The Morgan fingerprint density at radius 2 is 2.07 bits per heavy atom. The second kappa shape index (κ2) is 3.42. The molecule has 0 bridgehead atoms. The Hall–Kier alpha value is -1.35. The molecule has 2 N–H and O–H groups in total. The maximum Gasteiger partial charge on any atom is 0.305 e. The first kappa shape index (κ1) is 9.21. The molecule has 74 valence electrons. The SMILES string of the molecule is O=C(O)CC1(c2ccccc2)CCN1. The number of carboxylic acid groups (broad SMARTS) is 1. The zero-order chi connectivity index (χ0) is 10.0. The number of carboxylic acids is 1. The van der Waals surface area contributed by atoms with Crippen molar-refractivity contribution in [3.05, 3.63) is 35.9 Å². The maximum absolute atomic E-state index is 10.7. The Labute approximate surface area is 82.8 Å². The summed E-state index contributed by atoms with van der Waals surface area (Å²) in [7, 11) is 0. The molecule has 3 nitrogen and oxygen atoms in total. The summed E-state index contributed by atoms with van der Waals surface area (Å²) in [5, 5.41) is 12.1. The summed E-state index contributed by atoms with van der Waals surface area (Å²) in [6.45, 7) is 0.905. The van der Waals surface area contributed by atoms with Gasteiger partial charge in [-0.15, -0.1) is 0 Å². The molecule has 0 aliphatic carbocycles. The molecule has 1 aromatic carbocycles. The van der Waals surface area contributed by atoms with E-state index in [1.54, 1.807) is 0 Å². The van der Waals surface area contributed by atoms with Crippen LogP contribution in [-0.4, -0.2) is 17.6 Å². The minimum absolute atomic E-state index is 0.164. The van der Waals surface area contributed by atoms with E-state index in [1.807, 2.05) is 30.3 Å². The molecular formula is C11H13NO2. The van der Waals surface area contributed by atoms with E-state index < -0.39 is 5.97 Å². The van der Waals surface area contributed by atoms with Crippen molar-refractivity contribution in [1.29, 1.82) is 0 Å². The highest BCUT2D eigenvalue weighted by Gasteiger charge is 2.39. The van der Waals surface area contributed by atoms with Crippen molar-refractivity contribution in [2.24, 2.45) is 0 Å². The zero-order valence-electron chi connectivity index (χ0n) is 7.86. The standard InChI is InChI=1S/C11H13NO2/c13-10(14)8-11(6-7-12-11)9-4-2-1-3-5-9/h1-5,12H,6-8H2,(H,13,14). The van der Waals surface area contributed by atoms with Crippen LogP contribution in [0.25, 0.3) is 0 Å². The maximum atomic E-state index is 10.7. The van der Waals surface area contributed by atoms with Crippen molar-refractivity contribution >= 4 is 5.97 Å².